The Labute approximate surface area is 113 Å². The minimum atomic E-state index is 0.201. The van der Waals surface area contributed by atoms with Gasteiger partial charge in [-0.25, -0.2) is 0 Å². The predicted octanol–water partition coefficient (Wildman–Crippen LogP) is 0.957. The van der Waals surface area contributed by atoms with Gasteiger partial charge in [0.2, 0.25) is 0 Å². The Morgan fingerprint density at radius 3 is 2.68 bits per heavy atom. The Hall–Kier alpha value is -1.69. The molecule has 0 amide bonds. The average Bonchev–Trinajstić information content (AvgIpc) is 2.88. The summed E-state index contributed by atoms with van der Waals surface area (Å²) >= 11 is 0. The minimum absolute atomic E-state index is 0.201. The van der Waals surface area contributed by atoms with Gasteiger partial charge in [0.05, 0.1) is 12.2 Å². The molecule has 0 bridgehead atoms. The smallest absolute Gasteiger partial charge is 0.104 e. The normalized spacial score (nSPS) is 12.9. The fraction of sp³-hybridized carbons (Fsp3) is 0.615. The first-order valence-electron chi connectivity index (χ1n) is 6.65. The van der Waals surface area contributed by atoms with Crippen molar-refractivity contribution in [3.05, 3.63) is 28.8 Å². The maximum atomic E-state index is 6.05. The summed E-state index contributed by atoms with van der Waals surface area (Å²) in [6.45, 7) is 6.90. The van der Waals surface area contributed by atoms with E-state index in [4.69, 9.17) is 5.73 Å². The van der Waals surface area contributed by atoms with E-state index in [1.165, 1.54) is 11.3 Å². The highest BCUT2D eigenvalue weighted by Crippen LogP contribution is 2.16. The van der Waals surface area contributed by atoms with Crippen molar-refractivity contribution in [1.29, 1.82) is 0 Å². The maximum absolute atomic E-state index is 6.05. The fourth-order valence-electron chi connectivity index (χ4n) is 2.21. The summed E-state index contributed by atoms with van der Waals surface area (Å²) in [4.78, 5) is 0. The van der Waals surface area contributed by atoms with Crippen LogP contribution in [0.2, 0.25) is 0 Å². The Balaban J connectivity index is 2.20. The van der Waals surface area contributed by atoms with Crippen molar-refractivity contribution in [3.8, 4) is 0 Å². The van der Waals surface area contributed by atoms with Gasteiger partial charge < -0.3 is 5.73 Å². The van der Waals surface area contributed by atoms with Crippen LogP contribution < -0.4 is 5.73 Å². The molecule has 6 heteroatoms. The van der Waals surface area contributed by atoms with Crippen LogP contribution in [-0.2, 0) is 20.0 Å². The third-order valence-corrected chi connectivity index (χ3v) is 3.48. The summed E-state index contributed by atoms with van der Waals surface area (Å²) in [7, 11) is 1.86. The predicted molar refractivity (Wildman–Crippen MR) is 73.8 cm³/mol. The van der Waals surface area contributed by atoms with Crippen molar-refractivity contribution in [2.24, 2.45) is 12.8 Å². The van der Waals surface area contributed by atoms with E-state index in [2.05, 4.69) is 29.3 Å². The van der Waals surface area contributed by atoms with Crippen LogP contribution in [-0.4, -0.2) is 30.8 Å². The van der Waals surface area contributed by atoms with Crippen LogP contribution in [0.4, 0.5) is 0 Å². The Bertz CT molecular complexity index is 553. The van der Waals surface area contributed by atoms with E-state index in [-0.39, 0.29) is 6.04 Å². The van der Waals surface area contributed by atoms with Crippen LogP contribution in [0.5, 0.6) is 0 Å². The summed E-state index contributed by atoms with van der Waals surface area (Å²) in [6, 6.07) is 0.201. The standard InChI is InChI=1S/C13H22N6/c1-5-11(14)6-13-9(2)16-19(10(13)3)8-12-7-18(4)17-15-12/h7,11H,5-6,8,14H2,1-4H3. The summed E-state index contributed by atoms with van der Waals surface area (Å²) in [5, 5.41) is 12.6. The number of hydrogen-bond donors (Lipinski definition) is 1. The van der Waals surface area contributed by atoms with Crippen LogP contribution in [0.15, 0.2) is 6.20 Å². The highest BCUT2D eigenvalue weighted by atomic mass is 15.4. The van der Waals surface area contributed by atoms with Gasteiger partial charge in [0.15, 0.2) is 0 Å². The van der Waals surface area contributed by atoms with Crippen LogP contribution in [0.25, 0.3) is 0 Å². The molecule has 0 aliphatic heterocycles. The van der Waals surface area contributed by atoms with E-state index in [0.29, 0.717) is 6.54 Å². The van der Waals surface area contributed by atoms with Crippen LogP contribution in [0.3, 0.4) is 0 Å². The van der Waals surface area contributed by atoms with Gasteiger partial charge in [0.1, 0.15) is 5.69 Å². The topological polar surface area (TPSA) is 74.5 Å². The molecule has 2 N–H and O–H groups in total. The number of aromatic nitrogens is 5. The third-order valence-electron chi connectivity index (χ3n) is 3.48. The van der Waals surface area contributed by atoms with Crippen molar-refractivity contribution in [2.75, 3.05) is 0 Å². The van der Waals surface area contributed by atoms with Gasteiger partial charge in [-0.3, -0.25) is 9.36 Å². The average molecular weight is 262 g/mol. The SMILES string of the molecule is CCC(N)Cc1c(C)nn(Cc2cn(C)nn2)c1C. The zero-order chi connectivity index (χ0) is 14.0. The number of hydrogen-bond acceptors (Lipinski definition) is 4. The molecular weight excluding hydrogens is 240 g/mol. The van der Waals surface area contributed by atoms with Gasteiger partial charge in [-0.15, -0.1) is 5.10 Å². The second-order valence-corrected chi connectivity index (χ2v) is 5.06. The molecule has 1 unspecified atom stereocenters. The van der Waals surface area contributed by atoms with Gasteiger partial charge in [-0.1, -0.05) is 12.1 Å². The molecule has 0 radical (unpaired) electrons. The van der Waals surface area contributed by atoms with E-state index >= 15 is 0 Å². The summed E-state index contributed by atoms with van der Waals surface area (Å²) in [6.07, 6.45) is 3.77. The van der Waals surface area contributed by atoms with Crippen molar-refractivity contribution >= 4 is 0 Å². The monoisotopic (exact) mass is 262 g/mol. The van der Waals surface area contributed by atoms with E-state index < -0.39 is 0 Å². The molecular formula is C13H22N6. The van der Waals surface area contributed by atoms with Crippen molar-refractivity contribution in [1.82, 2.24) is 24.8 Å². The molecule has 0 saturated carbocycles. The molecule has 0 aromatic carbocycles. The van der Waals surface area contributed by atoms with Crippen LogP contribution >= 0.6 is 0 Å². The molecule has 104 valence electrons. The second-order valence-electron chi connectivity index (χ2n) is 5.06. The Kier molecular flexibility index (Phi) is 3.99. The molecule has 19 heavy (non-hydrogen) atoms. The van der Waals surface area contributed by atoms with E-state index in [1.54, 1.807) is 4.68 Å². The number of nitrogens with two attached hydrogens (primary N) is 1. The molecule has 0 saturated heterocycles. The van der Waals surface area contributed by atoms with Crippen molar-refractivity contribution in [3.63, 3.8) is 0 Å². The summed E-state index contributed by atoms with van der Waals surface area (Å²) < 4.78 is 3.69. The molecule has 2 rings (SSSR count). The number of rotatable bonds is 5. The lowest BCUT2D eigenvalue weighted by Gasteiger charge is -2.09. The third kappa shape index (κ3) is 3.01. The molecule has 2 aromatic heterocycles. The Morgan fingerprint density at radius 2 is 2.11 bits per heavy atom. The second kappa shape index (κ2) is 5.52. The molecule has 2 heterocycles. The molecule has 2 aromatic rings. The van der Waals surface area contributed by atoms with Gasteiger partial charge in [-0.05, 0) is 32.3 Å². The molecule has 1 atom stereocenters. The molecule has 0 aliphatic carbocycles. The van der Waals surface area contributed by atoms with E-state index in [1.807, 2.05) is 24.9 Å². The largest absolute Gasteiger partial charge is 0.327 e. The maximum Gasteiger partial charge on any atom is 0.104 e. The first kappa shape index (κ1) is 13.7. The zero-order valence-electron chi connectivity index (χ0n) is 12.1. The van der Waals surface area contributed by atoms with Crippen molar-refractivity contribution in [2.45, 2.75) is 46.2 Å². The molecule has 0 spiro atoms. The number of aryl methyl sites for hydroxylation is 2. The Morgan fingerprint density at radius 1 is 1.37 bits per heavy atom. The molecule has 6 nitrogen and oxygen atoms in total. The van der Waals surface area contributed by atoms with E-state index in [0.717, 1.165) is 24.2 Å². The minimum Gasteiger partial charge on any atom is -0.327 e. The highest BCUT2D eigenvalue weighted by molar-refractivity contribution is 5.26. The zero-order valence-corrected chi connectivity index (χ0v) is 12.1. The van der Waals surface area contributed by atoms with Crippen molar-refractivity contribution < 1.29 is 0 Å². The first-order chi connectivity index (χ1) is 9.01. The quantitative estimate of drug-likeness (QED) is 0.870. The lowest BCUT2D eigenvalue weighted by Crippen LogP contribution is -2.22. The lowest BCUT2D eigenvalue weighted by atomic mass is 10.0. The fourth-order valence-corrected chi connectivity index (χ4v) is 2.21. The lowest BCUT2D eigenvalue weighted by molar-refractivity contribution is 0.631. The van der Waals surface area contributed by atoms with Crippen LogP contribution in [0.1, 0.15) is 36.0 Å². The van der Waals surface area contributed by atoms with Crippen LogP contribution in [0, 0.1) is 13.8 Å². The highest BCUT2D eigenvalue weighted by Gasteiger charge is 2.14. The summed E-state index contributed by atoms with van der Waals surface area (Å²) in [5.41, 5.74) is 10.5. The first-order valence-corrected chi connectivity index (χ1v) is 6.65. The van der Waals surface area contributed by atoms with Gasteiger partial charge in [-0.2, -0.15) is 5.10 Å². The van der Waals surface area contributed by atoms with Gasteiger partial charge in [0, 0.05) is 25.0 Å². The van der Waals surface area contributed by atoms with Gasteiger partial charge >= 0.3 is 0 Å². The molecule has 0 aliphatic rings. The molecule has 0 fully saturated rings. The van der Waals surface area contributed by atoms with E-state index in [9.17, 15) is 0 Å². The number of nitrogens with zero attached hydrogens (tertiary/aromatic N) is 5. The van der Waals surface area contributed by atoms with Gasteiger partial charge in [0.25, 0.3) is 0 Å². The summed E-state index contributed by atoms with van der Waals surface area (Å²) in [5.74, 6) is 0.